The fourth-order valence-corrected chi connectivity index (χ4v) is 4.32. The largest absolute Gasteiger partial charge is 0.382 e. The summed E-state index contributed by atoms with van der Waals surface area (Å²) >= 11 is 0. The number of hydrogen-bond donors (Lipinski definition) is 2. The second-order valence-corrected chi connectivity index (χ2v) is 9.37. The second-order valence-electron chi connectivity index (χ2n) is 9.37. The summed E-state index contributed by atoms with van der Waals surface area (Å²) in [6.45, 7) is 7.15. The molecule has 2 aromatic heterocycles. The Labute approximate surface area is 211 Å². The number of piperidine rings is 1. The number of amides is 2. The van der Waals surface area contributed by atoms with E-state index in [1.54, 1.807) is 24.5 Å². The number of nitrogens with zero attached hydrogens (tertiary/aromatic N) is 4. The Morgan fingerprint density at radius 1 is 1.03 bits per heavy atom. The van der Waals surface area contributed by atoms with Gasteiger partial charge in [-0.05, 0) is 81.0 Å². The molecule has 4 rings (SSSR count). The molecule has 0 atom stereocenters. The van der Waals surface area contributed by atoms with E-state index in [1.807, 2.05) is 56.0 Å². The van der Waals surface area contributed by atoms with Crippen molar-refractivity contribution in [3.63, 3.8) is 0 Å². The van der Waals surface area contributed by atoms with Crippen molar-refractivity contribution in [3.05, 3.63) is 82.9 Å². The zero-order valence-corrected chi connectivity index (χ0v) is 20.8. The summed E-state index contributed by atoms with van der Waals surface area (Å²) < 4.78 is 0. The van der Waals surface area contributed by atoms with Gasteiger partial charge in [0.2, 0.25) is 0 Å². The van der Waals surface area contributed by atoms with Crippen molar-refractivity contribution < 1.29 is 9.59 Å². The molecule has 1 aliphatic rings. The lowest BCUT2D eigenvalue weighted by atomic mass is 9.89. The third-order valence-electron chi connectivity index (χ3n) is 6.32. The van der Waals surface area contributed by atoms with Gasteiger partial charge in [-0.15, -0.1) is 0 Å². The summed E-state index contributed by atoms with van der Waals surface area (Å²) in [4.78, 5) is 36.3. The topological polar surface area (TPSA) is 111 Å². The average molecular weight is 483 g/mol. The van der Waals surface area contributed by atoms with E-state index in [2.05, 4.69) is 26.7 Å². The standard InChI is InChI=1S/C28H30N6O2/c1-18(2)32-23-8-9-24(31-17-23)27(35)33-25-14-26(30-16-19(25)3)28(36)34-12-10-22(11-13-34)21-6-4-20(15-29)5-7-21/h4-9,14,16-18,22,32H,10-13H2,1-3H3,(H,30,33,35). The molecule has 1 saturated heterocycles. The van der Waals surface area contributed by atoms with Gasteiger partial charge in [-0.3, -0.25) is 14.6 Å². The zero-order chi connectivity index (χ0) is 25.7. The predicted molar refractivity (Wildman–Crippen MR) is 139 cm³/mol. The Bertz CT molecular complexity index is 1270. The highest BCUT2D eigenvalue weighted by atomic mass is 16.2. The molecule has 8 heteroatoms. The van der Waals surface area contributed by atoms with Crippen LogP contribution in [0, 0.1) is 18.3 Å². The highest BCUT2D eigenvalue weighted by Gasteiger charge is 2.26. The van der Waals surface area contributed by atoms with Crippen LogP contribution in [-0.4, -0.2) is 45.8 Å². The molecule has 3 heterocycles. The van der Waals surface area contributed by atoms with E-state index >= 15 is 0 Å². The van der Waals surface area contributed by atoms with Crippen LogP contribution in [0.2, 0.25) is 0 Å². The maximum absolute atomic E-state index is 13.2. The molecule has 0 bridgehead atoms. The van der Waals surface area contributed by atoms with Gasteiger partial charge in [-0.1, -0.05) is 12.1 Å². The van der Waals surface area contributed by atoms with Gasteiger partial charge < -0.3 is 15.5 Å². The summed E-state index contributed by atoms with van der Waals surface area (Å²) in [6, 6.07) is 15.2. The summed E-state index contributed by atoms with van der Waals surface area (Å²) in [5, 5.41) is 15.1. The number of aromatic nitrogens is 2. The molecule has 0 unspecified atom stereocenters. The van der Waals surface area contributed by atoms with Crippen LogP contribution >= 0.6 is 0 Å². The molecule has 184 valence electrons. The van der Waals surface area contributed by atoms with E-state index in [-0.39, 0.29) is 17.9 Å². The lowest BCUT2D eigenvalue weighted by Gasteiger charge is -2.32. The second kappa shape index (κ2) is 11.0. The number of nitriles is 1. The van der Waals surface area contributed by atoms with Gasteiger partial charge in [0.05, 0.1) is 23.5 Å². The molecule has 1 aliphatic heterocycles. The molecule has 2 N–H and O–H groups in total. The molecule has 0 aliphatic carbocycles. The molecule has 3 aromatic rings. The molecule has 0 spiro atoms. The van der Waals surface area contributed by atoms with Crippen molar-refractivity contribution in [2.24, 2.45) is 0 Å². The maximum Gasteiger partial charge on any atom is 0.274 e. The minimum atomic E-state index is -0.345. The highest BCUT2D eigenvalue weighted by Crippen LogP contribution is 2.29. The fraction of sp³-hybridized carbons (Fsp3) is 0.321. The Hall–Kier alpha value is -4.25. The maximum atomic E-state index is 13.2. The van der Waals surface area contributed by atoms with E-state index in [0.29, 0.717) is 41.6 Å². The Kier molecular flexibility index (Phi) is 7.59. The molecular weight excluding hydrogens is 452 g/mol. The number of aryl methyl sites for hydroxylation is 1. The summed E-state index contributed by atoms with van der Waals surface area (Å²) in [5.41, 5.74) is 4.58. The van der Waals surface area contributed by atoms with Crippen molar-refractivity contribution in [2.75, 3.05) is 23.7 Å². The van der Waals surface area contributed by atoms with Crippen molar-refractivity contribution in [1.82, 2.24) is 14.9 Å². The smallest absolute Gasteiger partial charge is 0.274 e. The molecular formula is C28H30N6O2. The zero-order valence-electron chi connectivity index (χ0n) is 20.8. The first-order valence-electron chi connectivity index (χ1n) is 12.1. The third kappa shape index (κ3) is 5.87. The first-order valence-corrected chi connectivity index (χ1v) is 12.1. The van der Waals surface area contributed by atoms with Gasteiger partial charge in [0.25, 0.3) is 11.8 Å². The van der Waals surface area contributed by atoms with Crippen LogP contribution in [0.1, 0.15) is 70.3 Å². The Morgan fingerprint density at radius 2 is 1.72 bits per heavy atom. The van der Waals surface area contributed by atoms with E-state index in [4.69, 9.17) is 5.26 Å². The van der Waals surface area contributed by atoms with Crippen LogP contribution in [0.15, 0.2) is 54.9 Å². The number of carbonyl (C=O) groups excluding carboxylic acids is 2. The first-order chi connectivity index (χ1) is 17.3. The number of anilines is 2. The Morgan fingerprint density at radius 3 is 2.33 bits per heavy atom. The fourth-order valence-electron chi connectivity index (χ4n) is 4.32. The molecule has 0 saturated carbocycles. The number of likely N-dealkylation sites (tertiary alicyclic amines) is 1. The van der Waals surface area contributed by atoms with Gasteiger partial charge in [-0.25, -0.2) is 4.98 Å². The van der Waals surface area contributed by atoms with Gasteiger partial charge in [0, 0.05) is 31.0 Å². The molecule has 1 aromatic carbocycles. The van der Waals surface area contributed by atoms with Gasteiger partial charge in [0.1, 0.15) is 11.4 Å². The third-order valence-corrected chi connectivity index (χ3v) is 6.32. The van der Waals surface area contributed by atoms with E-state index in [9.17, 15) is 9.59 Å². The first kappa shape index (κ1) is 24.9. The normalized spacial score (nSPS) is 13.8. The quantitative estimate of drug-likeness (QED) is 0.525. The van der Waals surface area contributed by atoms with Crippen LogP contribution < -0.4 is 10.6 Å². The number of rotatable bonds is 6. The SMILES string of the molecule is Cc1cnc(C(=O)N2CCC(c3ccc(C#N)cc3)CC2)cc1NC(=O)c1ccc(NC(C)C)cn1. The number of benzene rings is 1. The molecule has 0 radical (unpaired) electrons. The lowest BCUT2D eigenvalue weighted by molar-refractivity contribution is 0.0706. The van der Waals surface area contributed by atoms with Crippen LogP contribution in [0.4, 0.5) is 11.4 Å². The molecule has 1 fully saturated rings. The van der Waals surface area contributed by atoms with Crippen LogP contribution in [-0.2, 0) is 0 Å². The molecule has 2 amide bonds. The molecule has 36 heavy (non-hydrogen) atoms. The van der Waals surface area contributed by atoms with Crippen molar-refractivity contribution in [3.8, 4) is 6.07 Å². The monoisotopic (exact) mass is 482 g/mol. The minimum Gasteiger partial charge on any atom is -0.382 e. The van der Waals surface area contributed by atoms with Gasteiger partial charge in [0.15, 0.2) is 0 Å². The van der Waals surface area contributed by atoms with Crippen LogP contribution in [0.3, 0.4) is 0 Å². The summed E-state index contributed by atoms with van der Waals surface area (Å²) in [7, 11) is 0. The van der Waals surface area contributed by atoms with E-state index in [1.165, 1.54) is 5.56 Å². The summed E-state index contributed by atoms with van der Waals surface area (Å²) in [5.74, 6) is -0.134. The lowest BCUT2D eigenvalue weighted by Crippen LogP contribution is -2.38. The Balaban J connectivity index is 1.39. The van der Waals surface area contributed by atoms with Crippen LogP contribution in [0.25, 0.3) is 0 Å². The molecule has 8 nitrogen and oxygen atoms in total. The van der Waals surface area contributed by atoms with Crippen molar-refractivity contribution >= 4 is 23.2 Å². The predicted octanol–water partition coefficient (Wildman–Crippen LogP) is 4.75. The highest BCUT2D eigenvalue weighted by molar-refractivity contribution is 6.04. The average Bonchev–Trinajstić information content (AvgIpc) is 2.89. The summed E-state index contributed by atoms with van der Waals surface area (Å²) in [6.07, 6.45) is 4.93. The minimum absolute atomic E-state index is 0.147. The number of hydrogen-bond acceptors (Lipinski definition) is 6. The van der Waals surface area contributed by atoms with Gasteiger partial charge in [-0.2, -0.15) is 5.26 Å². The number of nitrogens with one attached hydrogen (secondary N) is 2. The van der Waals surface area contributed by atoms with E-state index in [0.717, 1.165) is 24.1 Å². The van der Waals surface area contributed by atoms with Crippen LogP contribution in [0.5, 0.6) is 0 Å². The van der Waals surface area contributed by atoms with Crippen molar-refractivity contribution in [1.29, 1.82) is 5.26 Å². The number of pyridine rings is 2. The van der Waals surface area contributed by atoms with E-state index < -0.39 is 0 Å². The van der Waals surface area contributed by atoms with Crippen molar-refractivity contribution in [2.45, 2.75) is 45.6 Å². The van der Waals surface area contributed by atoms with Gasteiger partial charge >= 0.3 is 0 Å². The number of carbonyl (C=O) groups is 2.